The van der Waals surface area contributed by atoms with Crippen molar-refractivity contribution in [3.8, 4) is 35.0 Å². The Morgan fingerprint density at radius 2 is 1.82 bits per heavy atom. The third-order valence-electron chi connectivity index (χ3n) is 16.2. The first-order chi connectivity index (χ1) is 32.0. The molecule has 0 aromatic heterocycles. The third-order valence-corrected chi connectivity index (χ3v) is 16.2. The number of aromatic hydroxyl groups is 2. The van der Waals surface area contributed by atoms with Gasteiger partial charge in [-0.3, -0.25) is 15.1 Å². The van der Waals surface area contributed by atoms with Crippen LogP contribution in [-0.4, -0.2) is 79.1 Å². The van der Waals surface area contributed by atoms with Crippen LogP contribution < -0.4 is 25.4 Å². The second-order valence-corrected chi connectivity index (χ2v) is 20.2. The topological polar surface area (TPSA) is 171 Å². The molecule has 7 rings (SSSR count). The summed E-state index contributed by atoms with van der Waals surface area (Å²) in [6, 6.07) is 12.6. The van der Waals surface area contributed by atoms with Crippen molar-refractivity contribution in [3.05, 3.63) is 53.6 Å². The SMILES string of the molecule is CC[C@@H](CC=O)CC[C@@H]1/C=C/C(=O)[C@]2(Cc3ccc(O)c(OC)c3)CCC[C@H]2CC#CNC(=NC)Nc2cc(cc(O[C@]3(CNC)CC[C@H](C[C@H](O)OC4CCCC4)C3)c2O)C12CCCC2. The number of methoxy groups -OCH3 is 1. The number of hydrogen-bond acceptors (Lipinski definition) is 10. The summed E-state index contributed by atoms with van der Waals surface area (Å²) in [5.74, 6) is 4.93. The van der Waals surface area contributed by atoms with Gasteiger partial charge in [-0.15, -0.1) is 0 Å². The summed E-state index contributed by atoms with van der Waals surface area (Å²) in [5, 5.41) is 43.7. The van der Waals surface area contributed by atoms with Gasteiger partial charge in [-0.05, 0) is 149 Å². The van der Waals surface area contributed by atoms with E-state index in [1.165, 1.54) is 7.11 Å². The first kappa shape index (κ1) is 49.3. The van der Waals surface area contributed by atoms with E-state index in [4.69, 9.17) is 14.2 Å². The van der Waals surface area contributed by atoms with Crippen LogP contribution >= 0.6 is 0 Å². The number of aldehydes is 1. The second-order valence-electron chi connectivity index (χ2n) is 20.2. The fraction of sp³-hybridized carbons (Fsp3) is 0.648. The van der Waals surface area contributed by atoms with Crippen molar-refractivity contribution in [3.63, 3.8) is 0 Å². The summed E-state index contributed by atoms with van der Waals surface area (Å²) in [7, 11) is 5.13. The second kappa shape index (κ2) is 22.5. The maximum atomic E-state index is 15.2. The van der Waals surface area contributed by atoms with Gasteiger partial charge in [0.2, 0.25) is 5.96 Å². The molecule has 360 valence electrons. The number of phenols is 2. The molecule has 12 nitrogen and oxygen atoms in total. The Balaban J connectivity index is 1.30. The largest absolute Gasteiger partial charge is 0.504 e. The summed E-state index contributed by atoms with van der Waals surface area (Å²) in [6.07, 6.45) is 21.8. The Labute approximate surface area is 393 Å². The zero-order valence-electron chi connectivity index (χ0n) is 40.0. The molecule has 2 aromatic rings. The summed E-state index contributed by atoms with van der Waals surface area (Å²) in [4.78, 5) is 31.6. The number of carbonyl (C=O) groups excluding carboxylic acids is 2. The normalized spacial score (nSPS) is 28.5. The molecule has 0 unspecified atom stereocenters. The molecule has 2 aromatic carbocycles. The molecule has 4 fully saturated rings. The number of benzene rings is 2. The molecular weight excluding hydrogens is 833 g/mol. The van der Waals surface area contributed by atoms with Gasteiger partial charge in [0.05, 0.1) is 18.9 Å². The zero-order valence-corrected chi connectivity index (χ0v) is 40.0. The number of rotatable bonds is 17. The minimum Gasteiger partial charge on any atom is -0.504 e. The predicted octanol–water partition coefficient (Wildman–Crippen LogP) is 9.24. The maximum Gasteiger partial charge on any atom is 0.207 e. The molecule has 6 N–H and O–H groups in total. The van der Waals surface area contributed by atoms with Gasteiger partial charge in [0.15, 0.2) is 35.1 Å². The molecule has 4 saturated carbocycles. The van der Waals surface area contributed by atoms with Crippen LogP contribution in [0.3, 0.4) is 0 Å². The van der Waals surface area contributed by atoms with Gasteiger partial charge in [-0.1, -0.05) is 63.5 Å². The number of fused-ring (bicyclic) bond motifs is 4. The van der Waals surface area contributed by atoms with Crippen LogP contribution in [0, 0.1) is 41.1 Å². The maximum absolute atomic E-state index is 15.2. The van der Waals surface area contributed by atoms with E-state index in [2.05, 4.69) is 45.9 Å². The minimum absolute atomic E-state index is 0.0118. The number of anilines is 1. The Hall–Kier alpha value is -4.57. The molecule has 1 heterocycles. The highest BCUT2D eigenvalue weighted by Crippen LogP contribution is 2.54. The van der Waals surface area contributed by atoms with Crippen molar-refractivity contribution >= 4 is 23.7 Å². The number of nitrogens with zero attached hydrogens (tertiary/aromatic N) is 1. The first-order valence-electron chi connectivity index (χ1n) is 25.0. The van der Waals surface area contributed by atoms with E-state index in [1.807, 2.05) is 37.4 Å². The molecule has 0 saturated heterocycles. The number of aliphatic hydroxyl groups is 1. The van der Waals surface area contributed by atoms with Gasteiger partial charge >= 0.3 is 0 Å². The average molecular weight is 909 g/mol. The smallest absolute Gasteiger partial charge is 0.207 e. The number of ether oxygens (including phenoxy) is 3. The molecular formula is C54H76N4O8. The highest BCUT2D eigenvalue weighted by atomic mass is 16.6. The number of likely N-dealkylation sites (N-methyl/N-ethyl adjacent to an activating group) is 1. The fourth-order valence-electron chi connectivity index (χ4n) is 12.6. The molecule has 4 aliphatic carbocycles. The number of ketones is 1. The van der Waals surface area contributed by atoms with Gasteiger partial charge in [0.1, 0.15) is 11.9 Å². The molecule has 0 radical (unpaired) electrons. The van der Waals surface area contributed by atoms with E-state index in [1.54, 1.807) is 13.1 Å². The molecule has 12 heteroatoms. The summed E-state index contributed by atoms with van der Waals surface area (Å²) in [6.45, 7) is 2.70. The van der Waals surface area contributed by atoms with Crippen LogP contribution in [0.25, 0.3) is 0 Å². The number of aliphatic imine (C=N–C) groups is 1. The van der Waals surface area contributed by atoms with E-state index >= 15 is 4.79 Å². The van der Waals surface area contributed by atoms with E-state index < -0.39 is 22.7 Å². The van der Waals surface area contributed by atoms with Crippen LogP contribution in [-0.2, 0) is 26.2 Å². The van der Waals surface area contributed by atoms with Crippen LogP contribution in [0.5, 0.6) is 23.0 Å². The number of guanidine groups is 1. The first-order valence-corrected chi connectivity index (χ1v) is 25.0. The lowest BCUT2D eigenvalue weighted by Gasteiger charge is -2.39. The molecule has 5 aliphatic rings. The Morgan fingerprint density at radius 3 is 2.55 bits per heavy atom. The number of nitrogens with one attached hydrogen (secondary N) is 3. The standard InChI is InChI=1S/C54H76N4O8/c1-5-37(23-29-59)16-18-41-19-21-48(61)54(35-38-17-20-45(60)46(30-38)64-4)26-10-12-40(54)13-11-28-57-51(56-3)58-44-32-42(53(41)24-8-9-25-53)33-47(50(44)63)66-52(36-55-2)27-22-39(34-52)31-49(62)65-43-14-6-7-15-43/h17,19-21,29-30,32-33,37,39-41,43,49,55,60,62-63H,5-10,12-16,18,22-27,31,34-36H2,1-4H3,(H2,56,57,58)/b21-19+/t37-,39-,40+,41-,49-,52-,54+/m1/s1. The van der Waals surface area contributed by atoms with Crippen LogP contribution in [0.2, 0.25) is 0 Å². The summed E-state index contributed by atoms with van der Waals surface area (Å²) < 4.78 is 18.7. The van der Waals surface area contributed by atoms with Gasteiger partial charge in [0.25, 0.3) is 0 Å². The van der Waals surface area contributed by atoms with Gasteiger partial charge < -0.3 is 45.0 Å². The van der Waals surface area contributed by atoms with E-state index in [-0.39, 0.29) is 47.1 Å². The van der Waals surface area contributed by atoms with Gasteiger partial charge in [-0.2, -0.15) is 0 Å². The molecule has 1 spiro atoms. The number of carbonyl (C=O) groups is 2. The predicted molar refractivity (Wildman–Crippen MR) is 259 cm³/mol. The summed E-state index contributed by atoms with van der Waals surface area (Å²) in [5.41, 5.74) is 0.633. The molecule has 7 atom stereocenters. The molecule has 2 bridgehead atoms. The zero-order chi connectivity index (χ0) is 46.7. The van der Waals surface area contributed by atoms with Crippen molar-refractivity contribution in [1.29, 1.82) is 0 Å². The molecule has 66 heavy (non-hydrogen) atoms. The number of aliphatic hydroxyl groups excluding tert-OH is 1. The Bertz CT molecular complexity index is 2100. The van der Waals surface area contributed by atoms with Crippen LogP contribution in [0.1, 0.15) is 146 Å². The van der Waals surface area contributed by atoms with Crippen molar-refractivity contribution in [2.75, 3.05) is 33.1 Å². The van der Waals surface area contributed by atoms with E-state index in [9.17, 15) is 20.1 Å². The van der Waals surface area contributed by atoms with Crippen molar-refractivity contribution < 1.29 is 39.1 Å². The number of hydrogen-bond donors (Lipinski definition) is 6. The lowest BCUT2D eigenvalue weighted by Crippen LogP contribution is -2.43. The van der Waals surface area contributed by atoms with Gasteiger partial charge in [-0.25, -0.2) is 0 Å². The lowest BCUT2D eigenvalue weighted by atomic mass is 9.65. The highest BCUT2D eigenvalue weighted by molar-refractivity contribution is 5.97. The van der Waals surface area contributed by atoms with Crippen molar-refractivity contribution in [2.24, 2.45) is 34.1 Å². The van der Waals surface area contributed by atoms with Crippen molar-refractivity contribution in [1.82, 2.24) is 10.6 Å². The quantitative estimate of drug-likeness (QED) is 0.0387. The Kier molecular flexibility index (Phi) is 16.8. The number of phenolic OH excluding ortho intramolecular Hbond substituents is 2. The van der Waals surface area contributed by atoms with Gasteiger partial charge in [0, 0.05) is 49.7 Å². The van der Waals surface area contributed by atoms with Crippen LogP contribution in [0.15, 0.2) is 47.5 Å². The highest BCUT2D eigenvalue weighted by Gasteiger charge is 2.49. The van der Waals surface area contributed by atoms with E-state index in [0.29, 0.717) is 61.8 Å². The molecule has 1 aliphatic heterocycles. The number of allylic oxidation sites excluding steroid dienone is 2. The third kappa shape index (κ3) is 11.2. The minimum atomic E-state index is -0.817. The Morgan fingerprint density at radius 1 is 1.02 bits per heavy atom. The average Bonchev–Trinajstić information content (AvgIpc) is 4.15. The lowest BCUT2D eigenvalue weighted by molar-refractivity contribution is -0.143. The monoisotopic (exact) mass is 909 g/mol. The van der Waals surface area contributed by atoms with E-state index in [0.717, 1.165) is 120 Å². The fourth-order valence-corrected chi connectivity index (χ4v) is 12.6. The van der Waals surface area contributed by atoms with Crippen LogP contribution in [0.4, 0.5) is 5.69 Å². The molecule has 0 amide bonds. The van der Waals surface area contributed by atoms with Crippen molar-refractivity contribution in [2.45, 2.75) is 165 Å². The summed E-state index contributed by atoms with van der Waals surface area (Å²) >= 11 is 0.